The van der Waals surface area contributed by atoms with E-state index < -0.39 is 20.6 Å². The molecule has 0 unspecified atom stereocenters. The van der Waals surface area contributed by atoms with Crippen LogP contribution in [0.2, 0.25) is 0 Å². The van der Waals surface area contributed by atoms with Gasteiger partial charge in [-0.05, 0) is 13.8 Å². The maximum absolute atomic E-state index is 11.5. The normalized spacial score (nSPS) is 12.0. The van der Waals surface area contributed by atoms with Crippen LogP contribution in [-0.4, -0.2) is 18.0 Å². The Morgan fingerprint density at radius 2 is 2.07 bits per heavy atom. The maximum Gasteiger partial charge on any atom is 0.289 e. The summed E-state index contributed by atoms with van der Waals surface area (Å²) in [5.74, 6) is 0. The molecule has 0 saturated carbocycles. The number of hydrogen-bond acceptors (Lipinski definition) is 4. The number of sulfonamides is 1. The van der Waals surface area contributed by atoms with E-state index in [-0.39, 0.29) is 6.04 Å². The van der Waals surface area contributed by atoms with Crippen molar-refractivity contribution in [2.24, 2.45) is 5.14 Å². The fourth-order valence-corrected chi connectivity index (χ4v) is 1.56. The molecule has 7 heteroatoms. The lowest BCUT2D eigenvalue weighted by atomic mass is 10.4. The Hall–Kier alpha value is -1.21. The summed E-state index contributed by atoms with van der Waals surface area (Å²) in [5.41, 5.74) is -0.690. The van der Waals surface area contributed by atoms with Crippen LogP contribution < -0.4 is 10.7 Å². The molecule has 6 nitrogen and oxygen atoms in total. The second-order valence-corrected chi connectivity index (χ2v) is 4.56. The number of nitrogens with zero attached hydrogens (tertiary/aromatic N) is 2. The van der Waals surface area contributed by atoms with Gasteiger partial charge in [0.15, 0.2) is 0 Å². The molecule has 1 aromatic rings. The van der Waals surface area contributed by atoms with Gasteiger partial charge in [0.1, 0.15) is 0 Å². The fraction of sp³-hybridized carbons (Fsp3) is 0.429. The Morgan fingerprint density at radius 1 is 1.50 bits per heavy atom. The lowest BCUT2D eigenvalue weighted by Crippen LogP contribution is -2.31. The van der Waals surface area contributed by atoms with E-state index in [0.29, 0.717) is 0 Å². The van der Waals surface area contributed by atoms with E-state index in [1.807, 2.05) is 0 Å². The summed E-state index contributed by atoms with van der Waals surface area (Å²) in [4.78, 5) is 14.9. The molecule has 0 atom stereocenters. The minimum atomic E-state index is -4.03. The second-order valence-electron chi connectivity index (χ2n) is 3.08. The second kappa shape index (κ2) is 3.50. The minimum Gasteiger partial charge on any atom is -0.309 e. The number of primary sulfonamides is 1. The number of hydrogen-bond donors (Lipinski definition) is 1. The molecule has 0 bridgehead atoms. The molecule has 0 aromatic carbocycles. The molecule has 1 rings (SSSR count). The Kier molecular flexibility index (Phi) is 2.72. The Bertz CT molecular complexity index is 489. The van der Waals surface area contributed by atoms with Gasteiger partial charge in [-0.3, -0.25) is 4.79 Å². The molecule has 1 aromatic heterocycles. The van der Waals surface area contributed by atoms with Crippen LogP contribution in [0.3, 0.4) is 0 Å². The van der Waals surface area contributed by atoms with Crippen molar-refractivity contribution in [1.29, 1.82) is 0 Å². The van der Waals surface area contributed by atoms with Gasteiger partial charge in [0.25, 0.3) is 15.6 Å². The van der Waals surface area contributed by atoms with Crippen molar-refractivity contribution in [1.82, 2.24) is 9.55 Å². The summed E-state index contributed by atoms with van der Waals surface area (Å²) < 4.78 is 23.1. The molecule has 0 fully saturated rings. The van der Waals surface area contributed by atoms with Gasteiger partial charge in [-0.15, -0.1) is 0 Å². The zero-order chi connectivity index (χ0) is 10.9. The Balaban J connectivity index is 3.52. The van der Waals surface area contributed by atoms with Gasteiger partial charge in [0, 0.05) is 18.4 Å². The highest BCUT2D eigenvalue weighted by molar-refractivity contribution is 7.89. The van der Waals surface area contributed by atoms with E-state index in [0.717, 1.165) is 0 Å². The molecular formula is C7H11N3O3S. The summed E-state index contributed by atoms with van der Waals surface area (Å²) in [5, 5.41) is 4.21. The van der Waals surface area contributed by atoms with Gasteiger partial charge in [-0.2, -0.15) is 0 Å². The SMILES string of the molecule is CC(C)n1ccnc(S(N)(=O)=O)c1=O. The van der Waals surface area contributed by atoms with Crippen molar-refractivity contribution < 1.29 is 8.42 Å². The van der Waals surface area contributed by atoms with Crippen LogP contribution in [0.5, 0.6) is 0 Å². The first-order valence-electron chi connectivity index (χ1n) is 3.94. The van der Waals surface area contributed by atoms with Crippen LogP contribution in [-0.2, 0) is 10.0 Å². The first kappa shape index (κ1) is 10.9. The molecule has 0 aliphatic carbocycles. The smallest absolute Gasteiger partial charge is 0.289 e. The van der Waals surface area contributed by atoms with Gasteiger partial charge in [-0.25, -0.2) is 18.5 Å². The van der Waals surface area contributed by atoms with E-state index >= 15 is 0 Å². The predicted molar refractivity (Wildman–Crippen MR) is 50.3 cm³/mol. The van der Waals surface area contributed by atoms with Gasteiger partial charge < -0.3 is 4.57 Å². The molecule has 0 saturated heterocycles. The van der Waals surface area contributed by atoms with Crippen molar-refractivity contribution in [3.05, 3.63) is 22.7 Å². The van der Waals surface area contributed by atoms with E-state index in [1.54, 1.807) is 13.8 Å². The van der Waals surface area contributed by atoms with Crippen LogP contribution in [0.4, 0.5) is 0 Å². The van der Waals surface area contributed by atoms with Crippen LogP contribution in [0, 0.1) is 0 Å². The molecular weight excluding hydrogens is 206 g/mol. The number of nitrogens with two attached hydrogens (primary N) is 1. The highest BCUT2D eigenvalue weighted by Gasteiger charge is 2.16. The monoisotopic (exact) mass is 217 g/mol. The number of aromatic nitrogens is 2. The van der Waals surface area contributed by atoms with E-state index in [4.69, 9.17) is 5.14 Å². The molecule has 1 heterocycles. The average Bonchev–Trinajstić information content (AvgIpc) is 2.01. The summed E-state index contributed by atoms with van der Waals surface area (Å²) in [6.07, 6.45) is 2.66. The van der Waals surface area contributed by atoms with Crippen LogP contribution in [0.25, 0.3) is 0 Å². The fourth-order valence-electron chi connectivity index (χ4n) is 1.01. The molecule has 78 valence electrons. The summed E-state index contributed by atoms with van der Waals surface area (Å²) in [7, 11) is -4.03. The third-order valence-corrected chi connectivity index (χ3v) is 2.48. The van der Waals surface area contributed by atoms with Gasteiger partial charge in [-0.1, -0.05) is 0 Å². The topological polar surface area (TPSA) is 95.1 Å². The summed E-state index contributed by atoms with van der Waals surface area (Å²) >= 11 is 0. The molecule has 0 spiro atoms. The highest BCUT2D eigenvalue weighted by atomic mass is 32.2. The third kappa shape index (κ3) is 1.99. The molecule has 2 N–H and O–H groups in total. The zero-order valence-corrected chi connectivity index (χ0v) is 8.65. The van der Waals surface area contributed by atoms with Crippen molar-refractivity contribution >= 4 is 10.0 Å². The minimum absolute atomic E-state index is 0.133. The number of rotatable bonds is 2. The first-order valence-corrected chi connectivity index (χ1v) is 5.48. The highest BCUT2D eigenvalue weighted by Crippen LogP contribution is 2.00. The van der Waals surface area contributed by atoms with Crippen molar-refractivity contribution in [3.8, 4) is 0 Å². The van der Waals surface area contributed by atoms with E-state index in [9.17, 15) is 13.2 Å². The summed E-state index contributed by atoms with van der Waals surface area (Å²) in [6.45, 7) is 3.52. The lowest BCUT2D eigenvalue weighted by molar-refractivity contribution is 0.549. The predicted octanol–water partition coefficient (Wildman–Crippen LogP) is -0.528. The maximum atomic E-state index is 11.5. The zero-order valence-electron chi connectivity index (χ0n) is 7.84. The Morgan fingerprint density at radius 3 is 2.50 bits per heavy atom. The van der Waals surface area contributed by atoms with E-state index in [2.05, 4.69) is 4.98 Å². The molecule has 0 aliphatic rings. The summed E-state index contributed by atoms with van der Waals surface area (Å²) in [6, 6.07) is -0.133. The lowest BCUT2D eigenvalue weighted by Gasteiger charge is -2.09. The first-order chi connectivity index (χ1) is 6.34. The van der Waals surface area contributed by atoms with Crippen LogP contribution >= 0.6 is 0 Å². The average molecular weight is 217 g/mol. The molecule has 0 radical (unpaired) electrons. The quantitative estimate of drug-likeness (QED) is 0.720. The Labute approximate surface area is 81.4 Å². The van der Waals surface area contributed by atoms with Gasteiger partial charge >= 0.3 is 0 Å². The van der Waals surface area contributed by atoms with Crippen LogP contribution in [0.15, 0.2) is 22.2 Å². The van der Waals surface area contributed by atoms with Crippen molar-refractivity contribution in [2.45, 2.75) is 24.9 Å². The van der Waals surface area contributed by atoms with Crippen LogP contribution in [0.1, 0.15) is 19.9 Å². The molecule has 0 amide bonds. The van der Waals surface area contributed by atoms with Gasteiger partial charge in [0.2, 0.25) is 5.03 Å². The van der Waals surface area contributed by atoms with Gasteiger partial charge in [0.05, 0.1) is 0 Å². The third-order valence-electron chi connectivity index (χ3n) is 1.66. The molecule has 14 heavy (non-hydrogen) atoms. The van der Waals surface area contributed by atoms with E-state index in [1.165, 1.54) is 17.0 Å². The largest absolute Gasteiger partial charge is 0.309 e. The molecule has 0 aliphatic heterocycles. The van der Waals surface area contributed by atoms with Crippen molar-refractivity contribution in [2.75, 3.05) is 0 Å². The van der Waals surface area contributed by atoms with Crippen molar-refractivity contribution in [3.63, 3.8) is 0 Å². The standard InChI is InChI=1S/C7H11N3O3S/c1-5(2)10-4-3-9-6(7(10)11)14(8,12)13/h3-5H,1-2H3,(H2,8,12,13).